The molecule has 2 aliphatic heterocycles. The van der Waals surface area contributed by atoms with Crippen molar-refractivity contribution in [1.82, 2.24) is 15.1 Å². The van der Waals surface area contributed by atoms with Gasteiger partial charge in [0.2, 0.25) is 11.8 Å². The minimum absolute atomic E-state index is 0.00120. The number of hydrogen-bond acceptors (Lipinski definition) is 3. The van der Waals surface area contributed by atoms with Crippen molar-refractivity contribution in [2.24, 2.45) is 11.8 Å². The molecular formula is C15H25N3O3. The van der Waals surface area contributed by atoms with E-state index in [1.807, 2.05) is 4.90 Å². The number of carbonyl (C=O) groups excluding carboxylic acids is 3. The molecule has 0 spiro atoms. The monoisotopic (exact) mass is 295 g/mol. The Morgan fingerprint density at radius 3 is 2.62 bits per heavy atom. The Kier molecular flexibility index (Phi) is 5.20. The third-order valence-electron chi connectivity index (χ3n) is 4.27. The number of urea groups is 1. The van der Waals surface area contributed by atoms with Crippen LogP contribution >= 0.6 is 0 Å². The van der Waals surface area contributed by atoms with Crippen molar-refractivity contribution in [3.8, 4) is 0 Å². The van der Waals surface area contributed by atoms with Crippen molar-refractivity contribution in [2.45, 2.75) is 39.5 Å². The van der Waals surface area contributed by atoms with E-state index in [1.54, 1.807) is 6.92 Å². The van der Waals surface area contributed by atoms with Crippen LogP contribution in [0.25, 0.3) is 0 Å². The van der Waals surface area contributed by atoms with Crippen LogP contribution in [0.15, 0.2) is 0 Å². The minimum atomic E-state index is -0.172. The average Bonchev–Trinajstić information content (AvgIpc) is 2.96. The summed E-state index contributed by atoms with van der Waals surface area (Å²) in [6.45, 7) is 6.67. The number of nitrogens with zero attached hydrogens (tertiary/aromatic N) is 2. The lowest BCUT2D eigenvalue weighted by atomic mass is 10.1. The molecule has 0 bridgehead atoms. The van der Waals surface area contributed by atoms with Crippen LogP contribution in [-0.4, -0.2) is 53.8 Å². The van der Waals surface area contributed by atoms with E-state index in [9.17, 15) is 14.4 Å². The van der Waals surface area contributed by atoms with Gasteiger partial charge in [-0.25, -0.2) is 4.79 Å². The van der Waals surface area contributed by atoms with E-state index in [0.717, 1.165) is 32.4 Å². The third-order valence-corrected chi connectivity index (χ3v) is 4.27. The molecule has 0 radical (unpaired) electrons. The molecule has 118 valence electrons. The number of unbranched alkanes of at least 4 members (excludes halogenated alkanes) is 1. The highest BCUT2D eigenvalue weighted by atomic mass is 16.2. The van der Waals surface area contributed by atoms with Crippen LogP contribution in [0.1, 0.15) is 39.5 Å². The van der Waals surface area contributed by atoms with Gasteiger partial charge in [0, 0.05) is 38.5 Å². The van der Waals surface area contributed by atoms with E-state index >= 15 is 0 Å². The number of nitrogens with one attached hydrogen (secondary N) is 1. The molecule has 0 aromatic heterocycles. The summed E-state index contributed by atoms with van der Waals surface area (Å²) >= 11 is 0. The molecule has 0 aliphatic carbocycles. The summed E-state index contributed by atoms with van der Waals surface area (Å²) in [4.78, 5) is 38.4. The molecule has 6 nitrogen and oxygen atoms in total. The van der Waals surface area contributed by atoms with Crippen LogP contribution in [0, 0.1) is 11.8 Å². The van der Waals surface area contributed by atoms with Gasteiger partial charge in [0.1, 0.15) is 0 Å². The Labute approximate surface area is 125 Å². The SMILES string of the molecule is CC1CC(=O)N(CCCCNC(=O)N2CC[C@H](C)C2)C1=O. The van der Waals surface area contributed by atoms with Gasteiger partial charge >= 0.3 is 6.03 Å². The van der Waals surface area contributed by atoms with Gasteiger partial charge in [0.05, 0.1) is 0 Å². The van der Waals surface area contributed by atoms with Gasteiger partial charge in [-0.3, -0.25) is 14.5 Å². The fourth-order valence-corrected chi connectivity index (χ4v) is 2.90. The average molecular weight is 295 g/mol. The molecular weight excluding hydrogens is 270 g/mol. The van der Waals surface area contributed by atoms with Gasteiger partial charge in [0.25, 0.3) is 0 Å². The standard InChI is InChI=1S/C15H25N3O3/c1-11-5-8-17(10-11)15(21)16-6-3-4-7-18-13(19)9-12(2)14(18)20/h11-12H,3-10H2,1-2H3,(H,16,21)/t11-,12?/m0/s1. The van der Waals surface area contributed by atoms with Crippen molar-refractivity contribution in [2.75, 3.05) is 26.2 Å². The number of amides is 4. The zero-order valence-electron chi connectivity index (χ0n) is 12.9. The van der Waals surface area contributed by atoms with Crippen molar-refractivity contribution in [1.29, 1.82) is 0 Å². The molecule has 2 saturated heterocycles. The highest BCUT2D eigenvalue weighted by Gasteiger charge is 2.34. The topological polar surface area (TPSA) is 69.7 Å². The number of rotatable bonds is 5. The van der Waals surface area contributed by atoms with Crippen LogP contribution in [0.4, 0.5) is 4.79 Å². The third kappa shape index (κ3) is 3.95. The van der Waals surface area contributed by atoms with Crippen molar-refractivity contribution in [3.05, 3.63) is 0 Å². The maximum atomic E-state index is 11.9. The first kappa shape index (κ1) is 15.8. The van der Waals surface area contributed by atoms with Crippen LogP contribution in [0.5, 0.6) is 0 Å². The molecule has 2 atom stereocenters. The smallest absolute Gasteiger partial charge is 0.317 e. The van der Waals surface area contributed by atoms with Crippen molar-refractivity contribution in [3.63, 3.8) is 0 Å². The Hall–Kier alpha value is -1.59. The predicted molar refractivity (Wildman–Crippen MR) is 78.5 cm³/mol. The summed E-state index contributed by atoms with van der Waals surface area (Å²) in [6, 6.07) is 0.00120. The largest absolute Gasteiger partial charge is 0.338 e. The van der Waals surface area contributed by atoms with Crippen LogP contribution < -0.4 is 5.32 Å². The predicted octanol–water partition coefficient (Wildman–Crippen LogP) is 1.21. The molecule has 2 rings (SSSR count). The van der Waals surface area contributed by atoms with E-state index in [0.29, 0.717) is 25.4 Å². The van der Waals surface area contributed by atoms with Gasteiger partial charge in [-0.05, 0) is 25.2 Å². The van der Waals surface area contributed by atoms with Gasteiger partial charge in [-0.2, -0.15) is 0 Å². The van der Waals surface area contributed by atoms with Gasteiger partial charge in [-0.15, -0.1) is 0 Å². The number of carbonyl (C=O) groups is 3. The van der Waals surface area contributed by atoms with E-state index in [4.69, 9.17) is 0 Å². The van der Waals surface area contributed by atoms with E-state index in [2.05, 4.69) is 12.2 Å². The highest BCUT2D eigenvalue weighted by molar-refractivity contribution is 6.03. The second kappa shape index (κ2) is 6.91. The molecule has 2 aliphatic rings. The van der Waals surface area contributed by atoms with E-state index in [-0.39, 0.29) is 23.8 Å². The normalized spacial score (nSPS) is 25.8. The first-order valence-corrected chi connectivity index (χ1v) is 7.86. The summed E-state index contributed by atoms with van der Waals surface area (Å²) in [5.74, 6) is 0.289. The minimum Gasteiger partial charge on any atom is -0.338 e. The Bertz CT molecular complexity index is 424. The molecule has 0 aromatic rings. The first-order chi connectivity index (χ1) is 9.99. The lowest BCUT2D eigenvalue weighted by molar-refractivity contribution is -0.139. The lowest BCUT2D eigenvalue weighted by Crippen LogP contribution is -2.39. The summed E-state index contributed by atoms with van der Waals surface area (Å²) in [7, 11) is 0. The molecule has 1 N–H and O–H groups in total. The summed E-state index contributed by atoms with van der Waals surface area (Å²) in [6.07, 6.45) is 2.93. The van der Waals surface area contributed by atoms with Crippen molar-refractivity contribution >= 4 is 17.8 Å². The van der Waals surface area contributed by atoms with Crippen LogP contribution in [0.2, 0.25) is 0 Å². The van der Waals surface area contributed by atoms with Gasteiger partial charge in [-0.1, -0.05) is 13.8 Å². The van der Waals surface area contributed by atoms with E-state index in [1.165, 1.54) is 4.90 Å². The summed E-state index contributed by atoms with van der Waals surface area (Å²) < 4.78 is 0. The molecule has 0 aromatic carbocycles. The fourth-order valence-electron chi connectivity index (χ4n) is 2.90. The number of likely N-dealkylation sites (tertiary alicyclic amines) is 2. The zero-order chi connectivity index (χ0) is 15.4. The Morgan fingerprint density at radius 2 is 2.05 bits per heavy atom. The van der Waals surface area contributed by atoms with Gasteiger partial charge < -0.3 is 10.2 Å². The highest BCUT2D eigenvalue weighted by Crippen LogP contribution is 2.19. The molecule has 4 amide bonds. The second-order valence-corrected chi connectivity index (χ2v) is 6.27. The molecule has 2 heterocycles. The molecule has 1 unspecified atom stereocenters. The van der Waals surface area contributed by atoms with Crippen molar-refractivity contribution < 1.29 is 14.4 Å². The first-order valence-electron chi connectivity index (χ1n) is 7.86. The maximum Gasteiger partial charge on any atom is 0.317 e. The molecule has 21 heavy (non-hydrogen) atoms. The maximum absolute atomic E-state index is 11.9. The second-order valence-electron chi connectivity index (χ2n) is 6.27. The van der Waals surface area contributed by atoms with Gasteiger partial charge in [0.15, 0.2) is 0 Å². The number of hydrogen-bond donors (Lipinski definition) is 1. The van der Waals surface area contributed by atoms with E-state index < -0.39 is 0 Å². The number of imide groups is 1. The zero-order valence-corrected chi connectivity index (χ0v) is 12.9. The molecule has 2 fully saturated rings. The van der Waals surface area contributed by atoms with Crippen LogP contribution in [0.3, 0.4) is 0 Å². The quantitative estimate of drug-likeness (QED) is 0.612. The lowest BCUT2D eigenvalue weighted by Gasteiger charge is -2.17. The van der Waals surface area contributed by atoms with Crippen LogP contribution in [-0.2, 0) is 9.59 Å². The fraction of sp³-hybridized carbons (Fsp3) is 0.800. The summed E-state index contributed by atoms with van der Waals surface area (Å²) in [5.41, 5.74) is 0. The molecule has 0 saturated carbocycles. The molecule has 6 heteroatoms. The Morgan fingerprint density at radius 1 is 1.29 bits per heavy atom. The Balaban J connectivity index is 1.59. The summed E-state index contributed by atoms with van der Waals surface area (Å²) in [5, 5.41) is 2.90.